The van der Waals surface area contributed by atoms with Gasteiger partial charge in [-0.1, -0.05) is 12.1 Å². The van der Waals surface area contributed by atoms with Crippen molar-refractivity contribution in [1.82, 2.24) is 15.1 Å². The van der Waals surface area contributed by atoms with E-state index in [9.17, 15) is 0 Å². The standard InChI is InChI=1S/C14H19N3O/c1-10-12(9-15-2)17(3)16-14(10)11-7-5-6-8-13(11)18-4/h5-8,15H,9H2,1-4H3. The lowest BCUT2D eigenvalue weighted by Crippen LogP contribution is -2.10. The summed E-state index contributed by atoms with van der Waals surface area (Å²) in [5.74, 6) is 0.856. The van der Waals surface area contributed by atoms with Gasteiger partial charge < -0.3 is 10.1 Å². The highest BCUT2D eigenvalue weighted by Crippen LogP contribution is 2.31. The number of hydrogen-bond donors (Lipinski definition) is 1. The first-order valence-electron chi connectivity index (χ1n) is 5.99. The van der Waals surface area contributed by atoms with Gasteiger partial charge >= 0.3 is 0 Å². The van der Waals surface area contributed by atoms with Crippen molar-refractivity contribution in [2.45, 2.75) is 13.5 Å². The van der Waals surface area contributed by atoms with Crippen molar-refractivity contribution < 1.29 is 4.74 Å². The highest BCUT2D eigenvalue weighted by Gasteiger charge is 2.15. The molecule has 0 bridgehead atoms. The molecule has 0 amide bonds. The maximum absolute atomic E-state index is 5.40. The normalized spacial score (nSPS) is 10.7. The number of aromatic nitrogens is 2. The van der Waals surface area contributed by atoms with Gasteiger partial charge in [-0.3, -0.25) is 4.68 Å². The van der Waals surface area contributed by atoms with Gasteiger partial charge in [-0.05, 0) is 31.7 Å². The summed E-state index contributed by atoms with van der Waals surface area (Å²) in [6.45, 7) is 2.91. The molecule has 0 aliphatic rings. The molecule has 2 aromatic rings. The first-order chi connectivity index (χ1) is 8.69. The summed E-state index contributed by atoms with van der Waals surface area (Å²) in [5.41, 5.74) is 4.41. The third-order valence-corrected chi connectivity index (χ3v) is 3.14. The molecule has 0 radical (unpaired) electrons. The summed E-state index contributed by atoms with van der Waals surface area (Å²) >= 11 is 0. The topological polar surface area (TPSA) is 39.1 Å². The fraction of sp³-hybridized carbons (Fsp3) is 0.357. The summed E-state index contributed by atoms with van der Waals surface area (Å²) in [6.07, 6.45) is 0. The number of nitrogens with one attached hydrogen (secondary N) is 1. The van der Waals surface area contributed by atoms with E-state index in [1.54, 1.807) is 7.11 Å². The van der Waals surface area contributed by atoms with Gasteiger partial charge in [-0.2, -0.15) is 5.10 Å². The second-order valence-electron chi connectivity index (χ2n) is 4.27. The van der Waals surface area contributed by atoms with E-state index >= 15 is 0 Å². The molecule has 2 rings (SSSR count). The number of nitrogens with zero attached hydrogens (tertiary/aromatic N) is 2. The molecular formula is C14H19N3O. The van der Waals surface area contributed by atoms with Gasteiger partial charge in [0.25, 0.3) is 0 Å². The van der Waals surface area contributed by atoms with Crippen molar-refractivity contribution in [3.8, 4) is 17.0 Å². The van der Waals surface area contributed by atoms with E-state index in [1.807, 2.05) is 43.0 Å². The van der Waals surface area contributed by atoms with Crippen LogP contribution in [0.5, 0.6) is 5.75 Å². The van der Waals surface area contributed by atoms with E-state index < -0.39 is 0 Å². The zero-order valence-electron chi connectivity index (χ0n) is 11.3. The maximum atomic E-state index is 5.40. The Labute approximate surface area is 108 Å². The van der Waals surface area contributed by atoms with Crippen molar-refractivity contribution in [3.63, 3.8) is 0 Å². The molecule has 96 valence electrons. The van der Waals surface area contributed by atoms with Crippen LogP contribution in [0, 0.1) is 6.92 Å². The third-order valence-electron chi connectivity index (χ3n) is 3.14. The van der Waals surface area contributed by atoms with E-state index in [0.717, 1.165) is 23.6 Å². The molecule has 0 unspecified atom stereocenters. The number of benzene rings is 1. The molecule has 1 N–H and O–H groups in total. The molecule has 18 heavy (non-hydrogen) atoms. The average Bonchev–Trinajstić information content (AvgIpc) is 2.67. The summed E-state index contributed by atoms with van der Waals surface area (Å²) in [7, 11) is 5.60. The Bertz CT molecular complexity index is 546. The lowest BCUT2D eigenvalue weighted by atomic mass is 10.1. The monoisotopic (exact) mass is 245 g/mol. The van der Waals surface area contributed by atoms with E-state index in [1.165, 1.54) is 11.3 Å². The van der Waals surface area contributed by atoms with Crippen molar-refractivity contribution >= 4 is 0 Å². The van der Waals surface area contributed by atoms with E-state index in [0.29, 0.717) is 0 Å². The van der Waals surface area contributed by atoms with Gasteiger partial charge in [0.15, 0.2) is 0 Å². The van der Waals surface area contributed by atoms with Crippen LogP contribution in [-0.4, -0.2) is 23.9 Å². The molecule has 4 heteroatoms. The third kappa shape index (κ3) is 2.11. The van der Waals surface area contributed by atoms with E-state index in [2.05, 4.69) is 17.3 Å². The molecule has 1 heterocycles. The van der Waals surface area contributed by atoms with Crippen molar-refractivity contribution in [1.29, 1.82) is 0 Å². The fourth-order valence-electron chi connectivity index (χ4n) is 2.18. The van der Waals surface area contributed by atoms with Gasteiger partial charge in [0.1, 0.15) is 5.75 Å². The Hall–Kier alpha value is -1.81. The zero-order chi connectivity index (χ0) is 13.1. The summed E-state index contributed by atoms with van der Waals surface area (Å²) < 4.78 is 7.32. The number of methoxy groups -OCH3 is 1. The van der Waals surface area contributed by atoms with Crippen LogP contribution in [0.1, 0.15) is 11.3 Å². The molecular weight excluding hydrogens is 226 g/mol. The molecule has 0 spiro atoms. The van der Waals surface area contributed by atoms with Crippen LogP contribution in [0.2, 0.25) is 0 Å². The molecule has 0 atom stereocenters. The Balaban J connectivity index is 2.54. The number of hydrogen-bond acceptors (Lipinski definition) is 3. The molecule has 0 aliphatic heterocycles. The van der Waals surface area contributed by atoms with Crippen LogP contribution in [0.15, 0.2) is 24.3 Å². The van der Waals surface area contributed by atoms with Crippen molar-refractivity contribution in [2.75, 3.05) is 14.2 Å². The molecule has 1 aromatic heterocycles. The molecule has 0 saturated carbocycles. The van der Waals surface area contributed by atoms with E-state index in [4.69, 9.17) is 4.74 Å². The first kappa shape index (κ1) is 12.6. The van der Waals surface area contributed by atoms with Crippen molar-refractivity contribution in [3.05, 3.63) is 35.5 Å². The highest BCUT2D eigenvalue weighted by molar-refractivity contribution is 5.70. The SMILES string of the molecule is CNCc1c(C)c(-c2ccccc2OC)nn1C. The second kappa shape index (κ2) is 5.23. The number of para-hydroxylation sites is 1. The Kier molecular flexibility index (Phi) is 3.67. The first-order valence-corrected chi connectivity index (χ1v) is 5.99. The van der Waals surface area contributed by atoms with Crippen LogP contribution in [-0.2, 0) is 13.6 Å². The average molecular weight is 245 g/mol. The van der Waals surface area contributed by atoms with Crippen LogP contribution in [0.25, 0.3) is 11.3 Å². The van der Waals surface area contributed by atoms with Gasteiger partial charge in [-0.25, -0.2) is 0 Å². The molecule has 0 saturated heterocycles. The Morgan fingerprint density at radius 3 is 2.72 bits per heavy atom. The minimum absolute atomic E-state index is 0.810. The molecule has 1 aromatic carbocycles. The van der Waals surface area contributed by atoms with Gasteiger partial charge in [-0.15, -0.1) is 0 Å². The fourth-order valence-corrected chi connectivity index (χ4v) is 2.18. The smallest absolute Gasteiger partial charge is 0.128 e. The lowest BCUT2D eigenvalue weighted by molar-refractivity contribution is 0.416. The second-order valence-corrected chi connectivity index (χ2v) is 4.27. The maximum Gasteiger partial charge on any atom is 0.128 e. The van der Waals surface area contributed by atoms with Gasteiger partial charge in [0.05, 0.1) is 18.5 Å². The van der Waals surface area contributed by atoms with Gasteiger partial charge in [0.2, 0.25) is 0 Å². The van der Waals surface area contributed by atoms with E-state index in [-0.39, 0.29) is 0 Å². The number of aryl methyl sites for hydroxylation is 1. The molecule has 0 fully saturated rings. The van der Waals surface area contributed by atoms with Crippen LogP contribution < -0.4 is 10.1 Å². The summed E-state index contributed by atoms with van der Waals surface area (Å²) in [4.78, 5) is 0. The van der Waals surface area contributed by atoms with Crippen LogP contribution >= 0.6 is 0 Å². The Morgan fingerprint density at radius 1 is 1.33 bits per heavy atom. The van der Waals surface area contributed by atoms with Crippen LogP contribution in [0.4, 0.5) is 0 Å². The minimum atomic E-state index is 0.810. The lowest BCUT2D eigenvalue weighted by Gasteiger charge is -2.06. The van der Waals surface area contributed by atoms with Gasteiger partial charge in [0, 0.05) is 19.2 Å². The molecule has 4 nitrogen and oxygen atoms in total. The highest BCUT2D eigenvalue weighted by atomic mass is 16.5. The largest absolute Gasteiger partial charge is 0.496 e. The minimum Gasteiger partial charge on any atom is -0.496 e. The van der Waals surface area contributed by atoms with Crippen molar-refractivity contribution in [2.24, 2.45) is 7.05 Å². The molecule has 0 aliphatic carbocycles. The quantitative estimate of drug-likeness (QED) is 0.896. The number of ether oxygens (including phenoxy) is 1. The number of rotatable bonds is 4. The summed E-state index contributed by atoms with van der Waals surface area (Å²) in [6, 6.07) is 7.97. The predicted molar refractivity (Wildman–Crippen MR) is 72.7 cm³/mol. The Morgan fingerprint density at radius 2 is 2.06 bits per heavy atom. The summed E-state index contributed by atoms with van der Waals surface area (Å²) in [5, 5.41) is 7.77. The predicted octanol–water partition coefficient (Wildman–Crippen LogP) is 2.12. The zero-order valence-corrected chi connectivity index (χ0v) is 11.3. The van der Waals surface area contributed by atoms with Crippen LogP contribution in [0.3, 0.4) is 0 Å².